The fraction of sp³-hybridized carbons (Fsp3) is 0.186. The molecule has 0 aliphatic rings. The van der Waals surface area contributed by atoms with Crippen molar-refractivity contribution in [2.75, 3.05) is 0 Å². The minimum atomic E-state index is -2.09. The van der Waals surface area contributed by atoms with Gasteiger partial charge in [0.25, 0.3) is 0 Å². The van der Waals surface area contributed by atoms with Crippen LogP contribution in [0.5, 0.6) is 0 Å². The van der Waals surface area contributed by atoms with Crippen molar-refractivity contribution in [1.29, 1.82) is 0 Å². The van der Waals surface area contributed by atoms with E-state index in [0.717, 1.165) is 59.7 Å². The summed E-state index contributed by atoms with van der Waals surface area (Å²) in [6, 6.07) is 34.2. The Morgan fingerprint density at radius 1 is 0.776 bits per heavy atom. The summed E-state index contributed by atoms with van der Waals surface area (Å²) in [6.07, 6.45) is 3.42. The average Bonchev–Trinajstić information content (AvgIpc) is 3.68. The molecular weight excluding hydrogens is 799 g/mol. The summed E-state index contributed by atoms with van der Waals surface area (Å²) in [5, 5.41) is 3.19. The Morgan fingerprint density at radius 2 is 1.55 bits per heavy atom. The summed E-state index contributed by atoms with van der Waals surface area (Å²) in [6.45, 7) is 11.1. The first-order valence-corrected chi connectivity index (χ1v) is 16.8. The van der Waals surface area contributed by atoms with Crippen molar-refractivity contribution in [2.24, 2.45) is 0 Å². The summed E-state index contributed by atoms with van der Waals surface area (Å²) in [5.74, 6) is 0. The van der Waals surface area contributed by atoms with Gasteiger partial charge in [-0.3, -0.25) is 0 Å². The molecule has 8 rings (SSSR count). The van der Waals surface area contributed by atoms with Gasteiger partial charge in [0, 0.05) is 47.6 Å². The van der Waals surface area contributed by atoms with Gasteiger partial charge in [-0.15, -0.1) is 65.4 Å². The van der Waals surface area contributed by atoms with Crippen molar-refractivity contribution < 1.29 is 28.6 Å². The quantitative estimate of drug-likeness (QED) is 0.166. The second-order valence-corrected chi connectivity index (χ2v) is 14.3. The van der Waals surface area contributed by atoms with E-state index in [9.17, 15) is 0 Å². The molecule has 4 aromatic carbocycles. The van der Waals surface area contributed by atoms with E-state index in [2.05, 4.69) is 94.2 Å². The molecule has 0 N–H and O–H groups in total. The first-order chi connectivity index (χ1) is 24.3. The Morgan fingerprint density at radius 3 is 2.24 bits per heavy atom. The molecule has 4 nitrogen and oxygen atoms in total. The fourth-order valence-electron chi connectivity index (χ4n) is 6.25. The minimum absolute atomic E-state index is 0. The summed E-state index contributed by atoms with van der Waals surface area (Å²) in [7, 11) is 0. The van der Waals surface area contributed by atoms with E-state index >= 15 is 0 Å². The van der Waals surface area contributed by atoms with Crippen LogP contribution in [-0.2, 0) is 25.5 Å². The molecule has 1 radical (unpaired) electrons. The summed E-state index contributed by atoms with van der Waals surface area (Å²) in [4.78, 5) is 13.8. The number of nitrogens with zero attached hydrogens (tertiary/aromatic N) is 3. The third kappa shape index (κ3) is 6.74. The third-order valence-corrected chi connectivity index (χ3v) is 9.47. The van der Waals surface area contributed by atoms with E-state index in [1.165, 1.54) is 34.0 Å². The van der Waals surface area contributed by atoms with Crippen molar-refractivity contribution in [3.63, 3.8) is 0 Å². The van der Waals surface area contributed by atoms with E-state index in [1.807, 2.05) is 37.4 Å². The van der Waals surface area contributed by atoms with Crippen molar-refractivity contribution in [2.45, 2.75) is 53.8 Å². The zero-order valence-electron chi connectivity index (χ0n) is 31.2. The molecule has 247 valence electrons. The number of fused-ring (bicyclic) bond motifs is 5. The molecule has 8 aromatic rings. The van der Waals surface area contributed by atoms with Crippen LogP contribution in [0.3, 0.4) is 0 Å². The largest absolute Gasteiger partial charge is 0.498 e. The van der Waals surface area contributed by atoms with E-state index in [0.29, 0.717) is 0 Å². The smallest absolute Gasteiger partial charge is 0.148 e. The van der Waals surface area contributed by atoms with Crippen molar-refractivity contribution in [3.8, 4) is 33.6 Å². The van der Waals surface area contributed by atoms with Gasteiger partial charge in [0.15, 0.2) is 0 Å². The van der Waals surface area contributed by atoms with Gasteiger partial charge in [-0.2, -0.15) is 0 Å². The van der Waals surface area contributed by atoms with Gasteiger partial charge in [0.1, 0.15) is 11.1 Å². The maximum absolute atomic E-state index is 7.23. The molecule has 49 heavy (non-hydrogen) atoms. The van der Waals surface area contributed by atoms with Crippen molar-refractivity contribution >= 4 is 43.5 Å². The van der Waals surface area contributed by atoms with E-state index in [-0.39, 0.29) is 31.1 Å². The normalized spacial score (nSPS) is 12.6. The second-order valence-electron chi connectivity index (χ2n) is 13.1. The predicted molar refractivity (Wildman–Crippen MR) is 201 cm³/mol. The standard InChI is InChI=1S/C31H27N2OS.C12H10N.Ir/c1-17-9-7-10-18(2)27(17)23-16-32-25(15-24(23)31(4,5)6)22-12-8-11-20-21-13-14-26-28(33-19(3)35-26)30(21)34-29(20)22;1-10-7-8-12(13-9-10)11-5-3-2-4-6-11;/h7-11,13-16H,1-6H3;2-5,7-9H,1H3;/q2*-1;/i;1D3;. The molecule has 4 heterocycles. The number of thiazole rings is 1. The van der Waals surface area contributed by atoms with Crippen molar-refractivity contribution in [1.82, 2.24) is 15.0 Å². The van der Waals surface area contributed by atoms with Crippen molar-refractivity contribution in [3.05, 3.63) is 137 Å². The molecule has 0 saturated heterocycles. The zero-order chi connectivity index (χ0) is 36.1. The maximum Gasteiger partial charge on any atom is 0.148 e. The molecule has 0 aliphatic carbocycles. The Kier molecular flexibility index (Phi) is 8.61. The summed E-state index contributed by atoms with van der Waals surface area (Å²) >= 11 is 1.69. The maximum atomic E-state index is 7.23. The fourth-order valence-corrected chi connectivity index (χ4v) is 7.07. The zero-order valence-corrected chi connectivity index (χ0v) is 31.4. The monoisotopic (exact) mass is 839 g/mol. The number of aryl methyl sites for hydroxylation is 4. The first kappa shape index (κ1) is 30.6. The summed E-state index contributed by atoms with van der Waals surface area (Å²) in [5.41, 5.74) is 12.4. The molecule has 0 spiro atoms. The number of pyridine rings is 2. The SMILES string of the molecule is Cc1nc2c(ccc3c4cc[c-]c(-c5cc(C(C)(C)C)c(-c6c(C)cccc6C)cn5)c4oc32)s1.[2H]C([2H])([2H])c1ccc(-c2[c-]cccc2)nc1.[Ir]. The summed E-state index contributed by atoms with van der Waals surface area (Å²) < 4.78 is 29.4. The average molecular weight is 839 g/mol. The predicted octanol–water partition coefficient (Wildman–Crippen LogP) is 11.8. The van der Waals surface area contributed by atoms with Gasteiger partial charge in [0.05, 0.1) is 15.3 Å². The Labute approximate surface area is 309 Å². The van der Waals surface area contributed by atoms with E-state index in [1.54, 1.807) is 29.5 Å². The molecule has 0 bridgehead atoms. The number of benzene rings is 4. The Balaban J connectivity index is 0.000000230. The van der Waals surface area contributed by atoms with Gasteiger partial charge >= 0.3 is 0 Å². The molecule has 6 heteroatoms. The van der Waals surface area contributed by atoms with E-state index in [4.69, 9.17) is 18.5 Å². The topological polar surface area (TPSA) is 51.8 Å². The first-order valence-electron chi connectivity index (χ1n) is 17.4. The minimum Gasteiger partial charge on any atom is -0.498 e. The van der Waals surface area contributed by atoms with Crippen LogP contribution in [0.4, 0.5) is 0 Å². The van der Waals surface area contributed by atoms with Crippen LogP contribution in [0.25, 0.3) is 65.8 Å². The van der Waals surface area contributed by atoms with Crippen LogP contribution in [0.2, 0.25) is 0 Å². The number of furan rings is 1. The van der Waals surface area contributed by atoms with Gasteiger partial charge in [0.2, 0.25) is 0 Å². The van der Waals surface area contributed by atoms with E-state index < -0.39 is 6.85 Å². The number of rotatable bonds is 3. The molecule has 0 unspecified atom stereocenters. The molecule has 0 fully saturated rings. The van der Waals surface area contributed by atoms with Gasteiger partial charge < -0.3 is 14.4 Å². The number of aromatic nitrogens is 3. The molecule has 4 aromatic heterocycles. The van der Waals surface area contributed by atoms with Crippen LogP contribution in [0.1, 0.15) is 52.1 Å². The van der Waals surface area contributed by atoms with Gasteiger partial charge in [-0.05, 0) is 78.3 Å². The Hall–Kier alpha value is -4.48. The van der Waals surface area contributed by atoms with Crippen LogP contribution in [0.15, 0.2) is 102 Å². The third-order valence-electron chi connectivity index (χ3n) is 8.53. The number of hydrogen-bond donors (Lipinski definition) is 0. The van der Waals surface area contributed by atoms with Gasteiger partial charge in [-0.25, -0.2) is 4.98 Å². The molecule has 0 aliphatic heterocycles. The van der Waals surface area contributed by atoms with Gasteiger partial charge in [-0.1, -0.05) is 74.2 Å². The Bertz CT molecular complexity index is 2510. The molecular formula is C43H37IrN3OS-2. The second kappa shape index (κ2) is 13.8. The van der Waals surface area contributed by atoms with Crippen LogP contribution >= 0.6 is 11.3 Å². The number of hydrogen-bond acceptors (Lipinski definition) is 5. The van der Waals surface area contributed by atoms with Crippen LogP contribution in [0, 0.1) is 39.8 Å². The van der Waals surface area contributed by atoms with Crippen LogP contribution in [-0.4, -0.2) is 15.0 Å². The molecule has 0 atom stereocenters. The molecule has 0 amide bonds. The van der Waals surface area contributed by atoms with Crippen LogP contribution < -0.4 is 0 Å². The molecule has 0 saturated carbocycles.